The van der Waals surface area contributed by atoms with Crippen molar-refractivity contribution in [3.63, 3.8) is 0 Å². The van der Waals surface area contributed by atoms with Crippen LogP contribution in [0.15, 0.2) is 73.1 Å². The number of aromatic nitrogens is 2. The monoisotopic (exact) mass is 483 g/mol. The van der Waals surface area contributed by atoms with E-state index in [9.17, 15) is 4.79 Å². The first-order chi connectivity index (χ1) is 17.6. The van der Waals surface area contributed by atoms with Gasteiger partial charge in [0.15, 0.2) is 0 Å². The molecule has 0 spiro atoms. The molecule has 3 heterocycles. The molecular weight excluding hydrogens is 450 g/mol. The van der Waals surface area contributed by atoms with Crippen molar-refractivity contribution in [1.29, 1.82) is 0 Å². The van der Waals surface area contributed by atoms with E-state index in [1.807, 2.05) is 36.4 Å². The summed E-state index contributed by atoms with van der Waals surface area (Å²) >= 11 is 0. The van der Waals surface area contributed by atoms with Crippen molar-refractivity contribution < 1.29 is 9.53 Å². The fourth-order valence-electron chi connectivity index (χ4n) is 4.77. The number of ether oxygens (including phenoxy) is 1. The fourth-order valence-corrected chi connectivity index (χ4v) is 4.77. The first-order valence-electron chi connectivity index (χ1n) is 12.5. The number of imidazole rings is 1. The van der Waals surface area contributed by atoms with Crippen molar-refractivity contribution in [1.82, 2.24) is 14.7 Å². The topological polar surface area (TPSA) is 70.9 Å². The van der Waals surface area contributed by atoms with Crippen molar-refractivity contribution in [2.75, 3.05) is 30.4 Å². The van der Waals surface area contributed by atoms with Gasteiger partial charge < -0.3 is 24.7 Å². The third kappa shape index (κ3) is 5.69. The Morgan fingerprint density at radius 3 is 2.50 bits per heavy atom. The zero-order valence-electron chi connectivity index (χ0n) is 20.9. The lowest BCUT2D eigenvalue weighted by molar-refractivity contribution is -0.115. The van der Waals surface area contributed by atoms with Gasteiger partial charge in [-0.3, -0.25) is 4.79 Å². The number of carbonyl (C=O) groups is 1. The number of fused-ring (bicyclic) bond motifs is 1. The average Bonchev–Trinajstić information content (AvgIpc) is 3.33. The largest absolute Gasteiger partial charge is 0.497 e. The highest BCUT2D eigenvalue weighted by molar-refractivity contribution is 5.92. The molecule has 2 N–H and O–H groups in total. The minimum absolute atomic E-state index is 0.0272. The maximum absolute atomic E-state index is 12.4. The second-order valence-electron chi connectivity index (χ2n) is 9.42. The Hall–Kier alpha value is -3.84. The van der Waals surface area contributed by atoms with Crippen molar-refractivity contribution in [3.05, 3.63) is 89.9 Å². The van der Waals surface area contributed by atoms with Gasteiger partial charge >= 0.3 is 0 Å². The van der Waals surface area contributed by atoms with Gasteiger partial charge in [-0.1, -0.05) is 18.2 Å². The van der Waals surface area contributed by atoms with Crippen molar-refractivity contribution in [2.24, 2.45) is 0 Å². The number of piperidine rings is 1. The molecule has 1 saturated heterocycles. The summed E-state index contributed by atoms with van der Waals surface area (Å²) in [5.74, 6) is 0.761. The third-order valence-electron chi connectivity index (χ3n) is 6.83. The highest BCUT2D eigenvalue weighted by Gasteiger charge is 2.19. The number of amides is 1. The smallest absolute Gasteiger partial charge is 0.228 e. The molecule has 1 amide bonds. The van der Waals surface area contributed by atoms with E-state index in [4.69, 9.17) is 9.72 Å². The molecule has 7 nitrogen and oxygen atoms in total. The van der Waals surface area contributed by atoms with Crippen LogP contribution in [0.2, 0.25) is 0 Å². The first-order valence-corrected chi connectivity index (χ1v) is 12.5. The number of carbonyl (C=O) groups excluding carboxylic acids is 1. The number of hydrogen-bond acceptors (Lipinski definition) is 5. The Bertz CT molecular complexity index is 1310. The van der Waals surface area contributed by atoms with Gasteiger partial charge in [0, 0.05) is 49.4 Å². The van der Waals surface area contributed by atoms with Crippen LogP contribution in [0.4, 0.5) is 11.4 Å². The lowest BCUT2D eigenvalue weighted by Gasteiger charge is -2.34. The Morgan fingerprint density at radius 2 is 1.81 bits per heavy atom. The van der Waals surface area contributed by atoms with E-state index in [0.29, 0.717) is 12.5 Å². The lowest BCUT2D eigenvalue weighted by Crippen LogP contribution is -2.42. The zero-order chi connectivity index (χ0) is 24.9. The van der Waals surface area contributed by atoms with Gasteiger partial charge in [0.2, 0.25) is 5.91 Å². The van der Waals surface area contributed by atoms with Crippen LogP contribution < -0.4 is 20.3 Å². The van der Waals surface area contributed by atoms with Crippen molar-refractivity contribution in [2.45, 2.75) is 38.8 Å². The normalized spacial score (nSPS) is 14.2. The molecule has 4 aromatic rings. The van der Waals surface area contributed by atoms with E-state index in [-0.39, 0.29) is 5.91 Å². The van der Waals surface area contributed by atoms with E-state index < -0.39 is 0 Å². The van der Waals surface area contributed by atoms with E-state index in [1.165, 1.54) is 11.3 Å². The van der Waals surface area contributed by atoms with Crippen LogP contribution in [-0.4, -0.2) is 41.5 Å². The van der Waals surface area contributed by atoms with E-state index in [0.717, 1.165) is 60.8 Å². The molecule has 2 aromatic carbocycles. The number of pyridine rings is 1. The molecule has 0 radical (unpaired) electrons. The molecule has 0 saturated carbocycles. The summed E-state index contributed by atoms with van der Waals surface area (Å²) in [7, 11) is 1.63. The summed E-state index contributed by atoms with van der Waals surface area (Å²) < 4.78 is 7.27. The minimum atomic E-state index is -0.0272. The van der Waals surface area contributed by atoms with E-state index in [2.05, 4.69) is 63.5 Å². The Kier molecular flexibility index (Phi) is 7.18. The predicted molar refractivity (Wildman–Crippen MR) is 144 cm³/mol. The number of rotatable bonds is 8. The quantitative estimate of drug-likeness (QED) is 0.384. The van der Waals surface area contributed by atoms with Crippen molar-refractivity contribution in [3.8, 4) is 5.75 Å². The van der Waals surface area contributed by atoms with Crippen LogP contribution in [0.5, 0.6) is 5.75 Å². The summed E-state index contributed by atoms with van der Waals surface area (Å²) in [5, 5.41) is 6.69. The maximum Gasteiger partial charge on any atom is 0.228 e. The van der Waals surface area contributed by atoms with Gasteiger partial charge in [-0.2, -0.15) is 0 Å². The van der Waals surface area contributed by atoms with Gasteiger partial charge in [-0.05, 0) is 73.4 Å². The van der Waals surface area contributed by atoms with Gasteiger partial charge in [0.25, 0.3) is 0 Å². The molecule has 7 heteroatoms. The standard InChI is InChI=1S/C29H33N5O2/c1-21-4-3-15-34-20-25(32-29(21)34)19-30-23-13-16-33(17-14-23)26-9-7-24(8-10-26)31-28(35)18-22-5-11-27(36-2)12-6-22/h3-12,15,20,23,30H,13-14,16-19H2,1-2H3,(H,31,35). The first kappa shape index (κ1) is 23.9. The minimum Gasteiger partial charge on any atom is -0.497 e. The fraction of sp³-hybridized carbons (Fsp3) is 0.310. The molecule has 5 rings (SSSR count). The molecule has 36 heavy (non-hydrogen) atoms. The molecule has 1 fully saturated rings. The highest BCUT2D eigenvalue weighted by atomic mass is 16.5. The summed E-state index contributed by atoms with van der Waals surface area (Å²) in [6.07, 6.45) is 6.68. The van der Waals surface area contributed by atoms with E-state index >= 15 is 0 Å². The Balaban J connectivity index is 1.08. The Morgan fingerprint density at radius 1 is 1.06 bits per heavy atom. The molecule has 0 atom stereocenters. The van der Waals surface area contributed by atoms with Crippen LogP contribution in [0.3, 0.4) is 0 Å². The van der Waals surface area contributed by atoms with Crippen LogP contribution in [0, 0.1) is 6.92 Å². The molecular formula is C29H33N5O2. The second-order valence-corrected chi connectivity index (χ2v) is 9.42. The van der Waals surface area contributed by atoms with Crippen LogP contribution in [-0.2, 0) is 17.8 Å². The number of aryl methyl sites for hydroxylation is 1. The number of methoxy groups -OCH3 is 1. The van der Waals surface area contributed by atoms with Crippen molar-refractivity contribution >= 4 is 22.9 Å². The predicted octanol–water partition coefficient (Wildman–Crippen LogP) is 4.59. The number of benzene rings is 2. The maximum atomic E-state index is 12.4. The van der Waals surface area contributed by atoms with Crippen LogP contribution in [0.25, 0.3) is 5.65 Å². The van der Waals surface area contributed by atoms with Gasteiger partial charge in [-0.15, -0.1) is 0 Å². The summed E-state index contributed by atoms with van der Waals surface area (Å²) in [5.41, 5.74) is 6.27. The molecule has 2 aromatic heterocycles. The van der Waals surface area contributed by atoms with Crippen LogP contribution in [0.1, 0.15) is 29.7 Å². The molecule has 0 aliphatic carbocycles. The molecule has 186 valence electrons. The third-order valence-corrected chi connectivity index (χ3v) is 6.83. The zero-order valence-corrected chi connectivity index (χ0v) is 20.9. The SMILES string of the molecule is COc1ccc(CC(=O)Nc2ccc(N3CCC(NCc4cn5cccc(C)c5n4)CC3)cc2)cc1. The van der Waals surface area contributed by atoms with E-state index in [1.54, 1.807) is 7.11 Å². The number of nitrogens with one attached hydrogen (secondary N) is 2. The second kappa shape index (κ2) is 10.8. The molecule has 1 aliphatic heterocycles. The average molecular weight is 484 g/mol. The van der Waals surface area contributed by atoms with Gasteiger partial charge in [0.05, 0.1) is 19.2 Å². The highest BCUT2D eigenvalue weighted by Crippen LogP contribution is 2.23. The molecule has 0 unspecified atom stereocenters. The summed E-state index contributed by atoms with van der Waals surface area (Å²) in [6, 6.07) is 20.4. The summed E-state index contributed by atoms with van der Waals surface area (Å²) in [4.78, 5) is 19.6. The number of hydrogen-bond donors (Lipinski definition) is 2. The van der Waals surface area contributed by atoms with Gasteiger partial charge in [-0.25, -0.2) is 4.98 Å². The number of nitrogens with zero attached hydrogens (tertiary/aromatic N) is 3. The summed E-state index contributed by atoms with van der Waals surface area (Å²) in [6.45, 7) is 4.89. The van der Waals surface area contributed by atoms with Crippen LogP contribution >= 0.6 is 0 Å². The Labute approximate surface area is 212 Å². The lowest BCUT2D eigenvalue weighted by atomic mass is 10.0. The number of anilines is 2. The van der Waals surface area contributed by atoms with Gasteiger partial charge in [0.1, 0.15) is 11.4 Å². The molecule has 1 aliphatic rings. The molecule has 0 bridgehead atoms.